The van der Waals surface area contributed by atoms with E-state index in [1.165, 1.54) is 11.3 Å². The summed E-state index contributed by atoms with van der Waals surface area (Å²) in [6, 6.07) is 3.80. The van der Waals surface area contributed by atoms with Crippen LogP contribution in [0.5, 0.6) is 0 Å². The number of ether oxygens (including phenoxy) is 1. The van der Waals surface area contributed by atoms with Crippen LogP contribution in [-0.2, 0) is 11.3 Å². The van der Waals surface area contributed by atoms with Crippen molar-refractivity contribution < 1.29 is 9.53 Å². The van der Waals surface area contributed by atoms with Crippen molar-refractivity contribution in [2.24, 2.45) is 0 Å². The van der Waals surface area contributed by atoms with Crippen LogP contribution in [0.4, 0.5) is 5.95 Å². The normalized spacial score (nSPS) is 14.8. The lowest BCUT2D eigenvalue weighted by Crippen LogP contribution is -2.37. The van der Waals surface area contributed by atoms with Gasteiger partial charge in [-0.25, -0.2) is 9.97 Å². The molecule has 2 aromatic heterocycles. The summed E-state index contributed by atoms with van der Waals surface area (Å²) in [6.45, 7) is 7.31. The number of aryl methyl sites for hydroxylation is 2. The van der Waals surface area contributed by atoms with Crippen LogP contribution in [-0.4, -0.2) is 42.2 Å². The minimum Gasteiger partial charge on any atom is -0.378 e. The smallest absolute Gasteiger partial charge is 0.261 e. The van der Waals surface area contributed by atoms with Crippen molar-refractivity contribution in [1.82, 2.24) is 15.3 Å². The van der Waals surface area contributed by atoms with E-state index in [1.807, 2.05) is 31.4 Å². The fraction of sp³-hybridized carbons (Fsp3) is 0.438. The molecule has 122 valence electrons. The monoisotopic (exact) mass is 332 g/mol. The Morgan fingerprint density at radius 2 is 2.09 bits per heavy atom. The number of rotatable bonds is 4. The van der Waals surface area contributed by atoms with Gasteiger partial charge in [0, 0.05) is 18.8 Å². The third-order valence-electron chi connectivity index (χ3n) is 3.57. The van der Waals surface area contributed by atoms with E-state index >= 15 is 0 Å². The maximum Gasteiger partial charge on any atom is 0.261 e. The summed E-state index contributed by atoms with van der Waals surface area (Å²) in [5.74, 6) is 0.650. The van der Waals surface area contributed by atoms with E-state index < -0.39 is 0 Å². The molecule has 1 aliphatic heterocycles. The average Bonchev–Trinajstić information content (AvgIpc) is 2.99. The van der Waals surface area contributed by atoms with Gasteiger partial charge in [0.2, 0.25) is 5.95 Å². The third kappa shape index (κ3) is 4.05. The van der Waals surface area contributed by atoms with Gasteiger partial charge < -0.3 is 15.0 Å². The quantitative estimate of drug-likeness (QED) is 0.926. The summed E-state index contributed by atoms with van der Waals surface area (Å²) in [7, 11) is 0. The van der Waals surface area contributed by atoms with E-state index in [0.717, 1.165) is 34.9 Å². The minimum absolute atomic E-state index is 0.0627. The van der Waals surface area contributed by atoms with Crippen LogP contribution in [0.25, 0.3) is 0 Å². The second-order valence-electron chi connectivity index (χ2n) is 5.57. The highest BCUT2D eigenvalue weighted by Crippen LogP contribution is 2.14. The summed E-state index contributed by atoms with van der Waals surface area (Å²) in [4.78, 5) is 24.0. The average molecular weight is 332 g/mol. The lowest BCUT2D eigenvalue weighted by atomic mass is 10.3. The first-order valence-electron chi connectivity index (χ1n) is 7.62. The Labute approximate surface area is 139 Å². The maximum absolute atomic E-state index is 12.1. The Kier molecular flexibility index (Phi) is 4.88. The second kappa shape index (κ2) is 7.06. The number of nitrogens with one attached hydrogen (secondary N) is 1. The second-order valence-corrected chi connectivity index (χ2v) is 6.48. The van der Waals surface area contributed by atoms with Gasteiger partial charge in [-0.2, -0.15) is 0 Å². The summed E-state index contributed by atoms with van der Waals surface area (Å²) < 4.78 is 5.36. The number of carbonyl (C=O) groups excluding carboxylic acids is 1. The summed E-state index contributed by atoms with van der Waals surface area (Å²) >= 11 is 1.45. The summed E-state index contributed by atoms with van der Waals surface area (Å²) in [5, 5.41) is 4.90. The number of hydrogen-bond acceptors (Lipinski definition) is 6. The molecular weight excluding hydrogens is 312 g/mol. The van der Waals surface area contributed by atoms with Crippen molar-refractivity contribution in [2.45, 2.75) is 20.4 Å². The molecule has 3 heterocycles. The van der Waals surface area contributed by atoms with Gasteiger partial charge in [-0.3, -0.25) is 4.79 Å². The van der Waals surface area contributed by atoms with Crippen molar-refractivity contribution in [2.75, 3.05) is 31.2 Å². The van der Waals surface area contributed by atoms with Crippen LogP contribution < -0.4 is 10.2 Å². The molecule has 7 heteroatoms. The Hall–Kier alpha value is -1.99. The molecule has 2 aromatic rings. The van der Waals surface area contributed by atoms with E-state index in [9.17, 15) is 4.79 Å². The molecule has 6 nitrogen and oxygen atoms in total. The predicted molar refractivity (Wildman–Crippen MR) is 90.0 cm³/mol. The topological polar surface area (TPSA) is 67.4 Å². The summed E-state index contributed by atoms with van der Waals surface area (Å²) in [6.07, 6.45) is 0. The van der Waals surface area contributed by atoms with E-state index in [-0.39, 0.29) is 5.91 Å². The molecule has 1 fully saturated rings. The van der Waals surface area contributed by atoms with Gasteiger partial charge in [-0.05, 0) is 36.9 Å². The zero-order valence-corrected chi connectivity index (χ0v) is 14.2. The van der Waals surface area contributed by atoms with Gasteiger partial charge >= 0.3 is 0 Å². The molecule has 0 spiro atoms. The van der Waals surface area contributed by atoms with Crippen LogP contribution >= 0.6 is 11.3 Å². The van der Waals surface area contributed by atoms with Crippen LogP contribution in [0, 0.1) is 13.8 Å². The standard InChI is InChI=1S/C16H20N4O2S/c1-11-7-14(23-10-11)15(21)17-9-13-8-12(2)18-16(19-13)20-3-5-22-6-4-20/h7-8,10H,3-6,9H2,1-2H3,(H,17,21). The van der Waals surface area contributed by atoms with Gasteiger partial charge in [-0.1, -0.05) is 0 Å². The van der Waals surface area contributed by atoms with Crippen LogP contribution in [0.3, 0.4) is 0 Å². The van der Waals surface area contributed by atoms with Crippen molar-refractivity contribution in [1.29, 1.82) is 0 Å². The third-order valence-corrected chi connectivity index (χ3v) is 4.62. The van der Waals surface area contributed by atoms with Crippen LogP contribution in [0.15, 0.2) is 17.5 Å². The molecule has 0 aliphatic carbocycles. The van der Waals surface area contributed by atoms with Crippen molar-refractivity contribution >= 4 is 23.2 Å². The van der Waals surface area contributed by atoms with E-state index in [4.69, 9.17) is 4.74 Å². The first-order valence-corrected chi connectivity index (χ1v) is 8.50. The predicted octanol–water partition coefficient (Wildman–Crippen LogP) is 1.92. The fourth-order valence-corrected chi connectivity index (χ4v) is 3.23. The Balaban J connectivity index is 1.67. The molecule has 1 saturated heterocycles. The number of amides is 1. The molecule has 0 aromatic carbocycles. The fourth-order valence-electron chi connectivity index (χ4n) is 2.42. The number of carbonyl (C=O) groups is 1. The first kappa shape index (κ1) is 15.9. The molecule has 1 amide bonds. The molecule has 0 bridgehead atoms. The van der Waals surface area contributed by atoms with E-state index in [1.54, 1.807) is 0 Å². The van der Waals surface area contributed by atoms with E-state index in [2.05, 4.69) is 20.2 Å². The molecule has 1 aliphatic rings. The number of thiophene rings is 1. The largest absolute Gasteiger partial charge is 0.378 e. The van der Waals surface area contributed by atoms with Crippen molar-refractivity contribution in [3.8, 4) is 0 Å². The lowest BCUT2D eigenvalue weighted by Gasteiger charge is -2.27. The number of aromatic nitrogens is 2. The maximum atomic E-state index is 12.1. The Bertz CT molecular complexity index is 695. The zero-order valence-electron chi connectivity index (χ0n) is 13.3. The lowest BCUT2D eigenvalue weighted by molar-refractivity contribution is 0.0954. The molecular formula is C16H20N4O2S. The number of hydrogen-bond donors (Lipinski definition) is 1. The molecule has 0 atom stereocenters. The highest BCUT2D eigenvalue weighted by Gasteiger charge is 2.15. The van der Waals surface area contributed by atoms with Crippen molar-refractivity contribution in [3.05, 3.63) is 39.3 Å². The molecule has 0 radical (unpaired) electrons. The van der Waals surface area contributed by atoms with Gasteiger partial charge in [0.25, 0.3) is 5.91 Å². The van der Waals surface area contributed by atoms with Gasteiger partial charge in [-0.15, -0.1) is 11.3 Å². The summed E-state index contributed by atoms with van der Waals surface area (Å²) in [5.41, 5.74) is 2.82. The first-order chi connectivity index (χ1) is 11.1. The van der Waals surface area contributed by atoms with E-state index in [0.29, 0.717) is 25.7 Å². The highest BCUT2D eigenvalue weighted by molar-refractivity contribution is 7.12. The van der Waals surface area contributed by atoms with Gasteiger partial charge in [0.15, 0.2) is 0 Å². The molecule has 3 rings (SSSR count). The zero-order chi connectivity index (χ0) is 16.2. The number of anilines is 1. The number of morpholine rings is 1. The number of nitrogens with zero attached hydrogens (tertiary/aromatic N) is 3. The minimum atomic E-state index is -0.0627. The molecule has 0 saturated carbocycles. The molecule has 23 heavy (non-hydrogen) atoms. The van der Waals surface area contributed by atoms with Crippen LogP contribution in [0.2, 0.25) is 0 Å². The van der Waals surface area contributed by atoms with Crippen molar-refractivity contribution in [3.63, 3.8) is 0 Å². The Morgan fingerprint density at radius 3 is 2.78 bits per heavy atom. The molecule has 0 unspecified atom stereocenters. The SMILES string of the molecule is Cc1csc(C(=O)NCc2cc(C)nc(N3CCOCC3)n2)c1. The van der Waals surface area contributed by atoms with Crippen LogP contribution in [0.1, 0.15) is 26.6 Å². The molecule has 1 N–H and O–H groups in total. The Morgan fingerprint density at radius 1 is 1.30 bits per heavy atom. The highest BCUT2D eigenvalue weighted by atomic mass is 32.1. The van der Waals surface area contributed by atoms with Gasteiger partial charge in [0.1, 0.15) is 0 Å². The van der Waals surface area contributed by atoms with Gasteiger partial charge in [0.05, 0.1) is 30.3 Å².